The van der Waals surface area contributed by atoms with Crippen molar-refractivity contribution < 1.29 is 9.90 Å². The number of hydrogen-bond acceptors (Lipinski definition) is 4. The number of carbonyl (C=O) groups is 1. The molecule has 0 aliphatic rings. The number of hydrogen-bond donors (Lipinski definition) is 2. The van der Waals surface area contributed by atoms with Gasteiger partial charge in [0.2, 0.25) is 0 Å². The molecule has 2 heterocycles. The summed E-state index contributed by atoms with van der Waals surface area (Å²) in [6.45, 7) is 3.09. The summed E-state index contributed by atoms with van der Waals surface area (Å²) in [7, 11) is 3.63. The molecule has 0 aliphatic heterocycles. The lowest BCUT2D eigenvalue weighted by Gasteiger charge is -2.06. The average Bonchev–Trinajstić information content (AvgIpc) is 2.87. The Hall–Kier alpha value is -2.15. The van der Waals surface area contributed by atoms with Crippen molar-refractivity contribution in [3.8, 4) is 0 Å². The first-order valence-electron chi connectivity index (χ1n) is 5.93. The van der Waals surface area contributed by atoms with Gasteiger partial charge < -0.3 is 10.4 Å². The van der Waals surface area contributed by atoms with Crippen LogP contribution in [0.4, 0.5) is 0 Å². The summed E-state index contributed by atoms with van der Waals surface area (Å²) < 4.78 is 3.39. The van der Waals surface area contributed by atoms with E-state index in [-0.39, 0.29) is 5.56 Å². The molecule has 102 valence electrons. The van der Waals surface area contributed by atoms with Crippen LogP contribution < -0.4 is 5.32 Å². The van der Waals surface area contributed by atoms with Gasteiger partial charge in [0, 0.05) is 38.4 Å². The SMILES string of the molecule is Cc1c(CNCc2c(C(=O)O)cnn2C)cnn1C. The van der Waals surface area contributed by atoms with Crippen molar-refractivity contribution in [2.24, 2.45) is 14.1 Å². The molecule has 19 heavy (non-hydrogen) atoms. The highest BCUT2D eigenvalue weighted by Crippen LogP contribution is 2.09. The van der Waals surface area contributed by atoms with E-state index in [9.17, 15) is 4.79 Å². The zero-order valence-corrected chi connectivity index (χ0v) is 11.2. The summed E-state index contributed by atoms with van der Waals surface area (Å²) in [6, 6.07) is 0. The van der Waals surface area contributed by atoms with Gasteiger partial charge in [-0.1, -0.05) is 0 Å². The molecule has 0 unspecified atom stereocenters. The van der Waals surface area contributed by atoms with Crippen LogP contribution >= 0.6 is 0 Å². The topological polar surface area (TPSA) is 85.0 Å². The van der Waals surface area contributed by atoms with E-state index in [2.05, 4.69) is 15.5 Å². The van der Waals surface area contributed by atoms with Gasteiger partial charge in [-0.15, -0.1) is 0 Å². The van der Waals surface area contributed by atoms with E-state index in [1.165, 1.54) is 6.20 Å². The van der Waals surface area contributed by atoms with Crippen LogP contribution in [-0.4, -0.2) is 30.6 Å². The fraction of sp³-hybridized carbons (Fsp3) is 0.417. The number of carboxylic acids is 1. The minimum absolute atomic E-state index is 0.234. The molecule has 0 aliphatic carbocycles. The van der Waals surface area contributed by atoms with Crippen LogP contribution in [0.15, 0.2) is 12.4 Å². The normalized spacial score (nSPS) is 10.9. The third-order valence-electron chi connectivity index (χ3n) is 3.24. The van der Waals surface area contributed by atoms with E-state index in [0.29, 0.717) is 18.8 Å². The van der Waals surface area contributed by atoms with E-state index in [1.54, 1.807) is 11.7 Å². The second kappa shape index (κ2) is 5.23. The Morgan fingerprint density at radius 1 is 1.26 bits per heavy atom. The molecule has 0 aromatic carbocycles. The average molecular weight is 263 g/mol. The van der Waals surface area contributed by atoms with Crippen molar-refractivity contribution in [3.63, 3.8) is 0 Å². The largest absolute Gasteiger partial charge is 0.478 e. The second-order valence-electron chi connectivity index (χ2n) is 4.42. The summed E-state index contributed by atoms with van der Waals surface area (Å²) in [5, 5.41) is 20.4. The summed E-state index contributed by atoms with van der Waals surface area (Å²) in [5.41, 5.74) is 3.09. The summed E-state index contributed by atoms with van der Waals surface area (Å²) in [4.78, 5) is 11.0. The Morgan fingerprint density at radius 2 is 1.95 bits per heavy atom. The van der Waals surface area contributed by atoms with Crippen molar-refractivity contribution >= 4 is 5.97 Å². The predicted molar refractivity (Wildman–Crippen MR) is 68.7 cm³/mol. The lowest BCUT2D eigenvalue weighted by Crippen LogP contribution is -2.18. The minimum Gasteiger partial charge on any atom is -0.478 e. The zero-order chi connectivity index (χ0) is 14.0. The van der Waals surface area contributed by atoms with Crippen molar-refractivity contribution in [2.45, 2.75) is 20.0 Å². The van der Waals surface area contributed by atoms with E-state index in [4.69, 9.17) is 5.11 Å². The van der Waals surface area contributed by atoms with Gasteiger partial charge in [-0.2, -0.15) is 10.2 Å². The fourth-order valence-corrected chi connectivity index (χ4v) is 1.88. The van der Waals surface area contributed by atoms with Gasteiger partial charge in [-0.3, -0.25) is 9.36 Å². The fourth-order valence-electron chi connectivity index (χ4n) is 1.88. The van der Waals surface area contributed by atoms with E-state index in [1.807, 2.05) is 24.9 Å². The predicted octanol–water partition coefficient (Wildman–Crippen LogP) is 0.450. The number of nitrogens with zero attached hydrogens (tertiary/aromatic N) is 4. The Bertz CT molecular complexity index is 599. The standard InChI is InChI=1S/C12H17N5O2/c1-8-9(5-14-16(8)2)4-13-7-11-10(12(18)19)6-15-17(11)3/h5-6,13H,4,7H2,1-3H3,(H,18,19). The van der Waals surface area contributed by atoms with Crippen LogP contribution in [0.1, 0.15) is 27.3 Å². The number of aromatic nitrogens is 4. The first-order valence-corrected chi connectivity index (χ1v) is 5.93. The van der Waals surface area contributed by atoms with E-state index < -0.39 is 5.97 Å². The monoisotopic (exact) mass is 263 g/mol. The smallest absolute Gasteiger partial charge is 0.339 e. The maximum atomic E-state index is 11.0. The van der Waals surface area contributed by atoms with Gasteiger partial charge in [0.05, 0.1) is 18.1 Å². The lowest BCUT2D eigenvalue weighted by atomic mass is 10.2. The third-order valence-corrected chi connectivity index (χ3v) is 3.24. The highest BCUT2D eigenvalue weighted by molar-refractivity contribution is 5.88. The van der Waals surface area contributed by atoms with Crippen LogP contribution in [0, 0.1) is 6.92 Å². The molecule has 0 saturated carbocycles. The van der Waals surface area contributed by atoms with E-state index in [0.717, 1.165) is 11.3 Å². The molecular weight excluding hydrogens is 246 g/mol. The number of carboxylic acid groups (broad SMARTS) is 1. The van der Waals surface area contributed by atoms with Crippen molar-refractivity contribution in [1.29, 1.82) is 0 Å². The molecule has 7 heteroatoms. The summed E-state index contributed by atoms with van der Waals surface area (Å²) in [5.74, 6) is -0.956. The minimum atomic E-state index is -0.956. The Kier molecular flexibility index (Phi) is 3.66. The van der Waals surface area contributed by atoms with Gasteiger partial charge in [0.25, 0.3) is 0 Å². The van der Waals surface area contributed by atoms with Gasteiger partial charge in [0.15, 0.2) is 0 Å². The first kappa shape index (κ1) is 13.3. The van der Waals surface area contributed by atoms with Crippen molar-refractivity contribution in [1.82, 2.24) is 24.9 Å². The molecule has 0 spiro atoms. The molecule has 2 N–H and O–H groups in total. The molecule has 0 fully saturated rings. The van der Waals surface area contributed by atoms with Gasteiger partial charge in [-0.05, 0) is 6.92 Å². The summed E-state index contributed by atoms with van der Waals surface area (Å²) >= 11 is 0. The molecule has 0 amide bonds. The Labute approximate surface area is 110 Å². The molecule has 2 rings (SSSR count). The quantitative estimate of drug-likeness (QED) is 0.818. The number of aryl methyl sites for hydroxylation is 2. The molecule has 0 radical (unpaired) electrons. The van der Waals surface area contributed by atoms with Crippen LogP contribution in [0.3, 0.4) is 0 Å². The highest BCUT2D eigenvalue weighted by atomic mass is 16.4. The number of nitrogens with one attached hydrogen (secondary N) is 1. The number of aromatic carboxylic acids is 1. The lowest BCUT2D eigenvalue weighted by molar-refractivity contribution is 0.0695. The van der Waals surface area contributed by atoms with Crippen LogP contribution in [0.25, 0.3) is 0 Å². The van der Waals surface area contributed by atoms with Crippen LogP contribution in [0.5, 0.6) is 0 Å². The van der Waals surface area contributed by atoms with Gasteiger partial charge in [-0.25, -0.2) is 4.79 Å². The molecular formula is C12H17N5O2. The van der Waals surface area contributed by atoms with Gasteiger partial charge in [0.1, 0.15) is 5.56 Å². The Morgan fingerprint density at radius 3 is 2.53 bits per heavy atom. The second-order valence-corrected chi connectivity index (χ2v) is 4.42. The maximum absolute atomic E-state index is 11.0. The molecule has 0 atom stereocenters. The van der Waals surface area contributed by atoms with Crippen LogP contribution in [-0.2, 0) is 27.2 Å². The molecule has 7 nitrogen and oxygen atoms in total. The molecule has 2 aromatic heterocycles. The number of rotatable bonds is 5. The molecule has 0 saturated heterocycles. The first-order chi connectivity index (χ1) is 9.00. The van der Waals surface area contributed by atoms with Crippen molar-refractivity contribution in [3.05, 3.63) is 34.9 Å². The van der Waals surface area contributed by atoms with Crippen molar-refractivity contribution in [2.75, 3.05) is 0 Å². The van der Waals surface area contributed by atoms with Crippen LogP contribution in [0.2, 0.25) is 0 Å². The van der Waals surface area contributed by atoms with E-state index >= 15 is 0 Å². The summed E-state index contributed by atoms with van der Waals surface area (Å²) in [6.07, 6.45) is 3.18. The van der Waals surface area contributed by atoms with Gasteiger partial charge >= 0.3 is 5.97 Å². The maximum Gasteiger partial charge on any atom is 0.339 e. The zero-order valence-electron chi connectivity index (χ0n) is 11.2. The molecule has 0 bridgehead atoms. The Balaban J connectivity index is 2.02. The molecule has 2 aromatic rings. The third kappa shape index (κ3) is 2.65. The highest BCUT2D eigenvalue weighted by Gasteiger charge is 2.14.